The number of H-pyrrole nitrogens is 4. The van der Waals surface area contributed by atoms with Gasteiger partial charge in [-0.15, -0.1) is 0 Å². The van der Waals surface area contributed by atoms with Crippen LogP contribution < -0.4 is 40.2 Å². The molecule has 8 aromatic carbocycles. The van der Waals surface area contributed by atoms with Gasteiger partial charge in [0.1, 0.15) is 51.9 Å². The number of benzene rings is 8. The molecule has 0 saturated heterocycles. The Labute approximate surface area is 652 Å². The summed E-state index contributed by atoms with van der Waals surface area (Å²) in [6, 6.07) is 83.4. The lowest BCUT2D eigenvalue weighted by molar-refractivity contribution is -0.115. The Kier molecular flexibility index (Phi) is 28.8. The molecule has 0 unspecified atom stereocenters. The predicted molar refractivity (Wildman–Crippen MR) is 437 cm³/mol. The zero-order valence-corrected chi connectivity index (χ0v) is 65.2. The number of para-hydroxylation sites is 4. The summed E-state index contributed by atoms with van der Waals surface area (Å²) in [5, 5.41) is 11.2. The van der Waals surface area contributed by atoms with Gasteiger partial charge < -0.3 is 62.9 Å². The molecule has 21 nitrogen and oxygen atoms in total. The second-order valence-electron chi connectivity index (χ2n) is 27.8. The van der Waals surface area contributed by atoms with Gasteiger partial charge in [0.05, 0.1) is 21.7 Å². The Hall–Kier alpha value is -13.7. The van der Waals surface area contributed by atoms with Crippen molar-refractivity contribution in [3.63, 3.8) is 0 Å². The first-order valence-corrected chi connectivity index (χ1v) is 36.0. The van der Waals surface area contributed by atoms with Crippen molar-refractivity contribution in [2.75, 3.05) is 21.3 Å². The molecule has 0 aliphatic carbocycles. The highest BCUT2D eigenvalue weighted by Crippen LogP contribution is 2.49. The summed E-state index contributed by atoms with van der Waals surface area (Å²) in [5.74, 6) is 2.23. The lowest BCUT2D eigenvalue weighted by atomic mass is 9.76. The number of nitrogens with one attached hydrogen (secondary N) is 8. The van der Waals surface area contributed by atoms with Crippen LogP contribution in [0.4, 0.5) is 41.9 Å². The van der Waals surface area contributed by atoms with Crippen LogP contribution in [-0.2, 0) is 45.6 Å². The standard InChI is InChI=1S/C76H64N8O8.5C3H6O/c1-73(49-25-33-57(34-26-49)89-69(85)77-53-17-9-5-10-18-53)61-41-43-63(81-61)74(2,50-27-35-58(36-28-50)90-70(86)78-54-19-11-6-12-20-54)65-45-47-67(83-65)76(4,52-31-39-60(40-32-52)92-72(88)80-56-23-15-8-16-24-56)68-48-46-66(84-68)75(3,64-44-42-62(73)82-64)51-29-37-59(38-30-51)91-71(87)79-55-21-13-7-14-22-55;5*1-3(2)4/h5-48,81-84H,1-4H3,(H,77,85)(H,78,86)(H,79,87)(H,80,88);5*1-2H3. The van der Waals surface area contributed by atoms with Gasteiger partial charge in [-0.3, -0.25) is 21.3 Å². The van der Waals surface area contributed by atoms with Gasteiger partial charge in [0, 0.05) is 68.3 Å². The Morgan fingerprint density at radius 3 is 0.482 bits per heavy atom. The van der Waals surface area contributed by atoms with Crippen molar-refractivity contribution in [2.45, 2.75) is 119 Å². The van der Waals surface area contributed by atoms with E-state index >= 15 is 0 Å². The van der Waals surface area contributed by atoms with Crippen LogP contribution in [0.2, 0.25) is 0 Å². The van der Waals surface area contributed by atoms with E-state index in [0.717, 1.165) is 67.8 Å². The second-order valence-corrected chi connectivity index (χ2v) is 27.8. The number of rotatable bonds is 12. The molecule has 21 heteroatoms. The van der Waals surface area contributed by atoms with Crippen LogP contribution in [0.3, 0.4) is 0 Å². The molecule has 0 fully saturated rings. The lowest BCUT2D eigenvalue weighted by Crippen LogP contribution is -2.32. The number of hydrogen-bond acceptors (Lipinski definition) is 13. The molecule has 4 amide bonds. The van der Waals surface area contributed by atoms with Crippen molar-refractivity contribution < 1.29 is 62.1 Å². The van der Waals surface area contributed by atoms with Crippen LogP contribution >= 0.6 is 0 Å². The van der Waals surface area contributed by atoms with E-state index in [4.69, 9.17) is 18.9 Å². The van der Waals surface area contributed by atoms with Crippen molar-refractivity contribution in [2.24, 2.45) is 0 Å². The number of carbonyl (C=O) groups is 9. The monoisotopic (exact) mass is 1510 g/mol. The van der Waals surface area contributed by atoms with Crippen LogP contribution in [0.1, 0.15) is 165 Å². The van der Waals surface area contributed by atoms with E-state index in [9.17, 15) is 43.2 Å². The topological polar surface area (TPSA) is 302 Å². The van der Waals surface area contributed by atoms with E-state index in [0.29, 0.717) is 45.7 Å². The molecule has 4 aromatic heterocycles. The molecule has 13 rings (SSSR count). The molecule has 8 bridgehead atoms. The summed E-state index contributed by atoms with van der Waals surface area (Å²) < 4.78 is 23.3. The van der Waals surface area contributed by atoms with E-state index in [2.05, 4.69) is 117 Å². The molecule has 112 heavy (non-hydrogen) atoms. The van der Waals surface area contributed by atoms with Crippen LogP contribution in [0.25, 0.3) is 0 Å². The van der Waals surface area contributed by atoms with Gasteiger partial charge in [-0.1, -0.05) is 121 Å². The van der Waals surface area contributed by atoms with Crippen LogP contribution in [0.15, 0.2) is 267 Å². The molecule has 576 valence electrons. The number of anilines is 4. The molecule has 0 spiro atoms. The fourth-order valence-corrected chi connectivity index (χ4v) is 12.3. The fourth-order valence-electron chi connectivity index (χ4n) is 12.3. The first-order valence-electron chi connectivity index (χ1n) is 36.0. The highest BCUT2D eigenvalue weighted by Gasteiger charge is 2.44. The number of Topliss-reactive ketones (excluding diaryl/α,β-unsaturated/α-hetero) is 5. The zero-order valence-electron chi connectivity index (χ0n) is 65.2. The van der Waals surface area contributed by atoms with Crippen molar-refractivity contribution >= 4 is 76.0 Å². The average molecular weight is 1510 g/mol. The molecule has 0 atom stereocenters. The summed E-state index contributed by atoms with van der Waals surface area (Å²) >= 11 is 0. The maximum Gasteiger partial charge on any atom is 0.417 e. The van der Waals surface area contributed by atoms with E-state index < -0.39 is 46.0 Å². The number of hydrogen-bond donors (Lipinski definition) is 8. The SMILES string of the molecule is CC(C)=O.CC(C)=O.CC(C)=O.CC(C)=O.CC(C)=O.CC1(c2ccc(OC(=O)Nc3ccccc3)cc2)c2ccc([nH]2)C(C)(c2ccc(OC(=O)Nc3ccccc3)cc2)c2ccc([nH]2)C(C)(c2ccc(OC(=O)Nc3ccccc3)cc2)c2ccc([nH]2)C(C)(c2ccc(OC(=O)Nc3ccccc3)cc2)c2ccc1[nH]2. The molecule has 0 saturated carbocycles. The van der Waals surface area contributed by atoms with Gasteiger partial charge in [-0.25, -0.2) is 19.2 Å². The average Bonchev–Trinajstić information content (AvgIpc) is 1.56. The van der Waals surface area contributed by atoms with Gasteiger partial charge in [0.2, 0.25) is 0 Å². The highest BCUT2D eigenvalue weighted by atomic mass is 16.6. The smallest absolute Gasteiger partial charge is 0.410 e. The number of ether oxygens (including phenoxy) is 4. The lowest BCUT2D eigenvalue weighted by Gasteiger charge is -2.34. The number of aromatic amines is 4. The Balaban J connectivity index is 0.000000706. The second kappa shape index (κ2) is 38.4. The maximum atomic E-state index is 13.2. The third kappa shape index (κ3) is 22.2. The van der Waals surface area contributed by atoms with Gasteiger partial charge in [-0.05, 0) is 265 Å². The summed E-state index contributed by atoms with van der Waals surface area (Å²) in [7, 11) is 0. The number of ketones is 5. The van der Waals surface area contributed by atoms with Gasteiger partial charge in [-0.2, -0.15) is 0 Å². The van der Waals surface area contributed by atoms with Gasteiger partial charge in [0.25, 0.3) is 0 Å². The minimum absolute atomic E-state index is 0.167. The third-order valence-electron chi connectivity index (χ3n) is 17.7. The molecule has 5 heterocycles. The minimum atomic E-state index is -0.938. The predicted octanol–water partition coefficient (Wildman–Crippen LogP) is 20.1. The van der Waals surface area contributed by atoms with Crippen LogP contribution in [0, 0.1) is 0 Å². The zero-order chi connectivity index (χ0) is 81.3. The fraction of sp³-hybridized carbons (Fsp3) is 0.198. The first-order chi connectivity index (χ1) is 53.3. The van der Waals surface area contributed by atoms with Crippen molar-refractivity contribution in [3.05, 3.63) is 335 Å². The van der Waals surface area contributed by atoms with Crippen molar-refractivity contribution in [1.82, 2.24) is 19.9 Å². The molecule has 1 aliphatic heterocycles. The Morgan fingerprint density at radius 2 is 0.348 bits per heavy atom. The van der Waals surface area contributed by atoms with E-state index in [1.54, 1.807) is 97.1 Å². The quantitative estimate of drug-likeness (QED) is 0.0565. The Morgan fingerprint density at radius 1 is 0.214 bits per heavy atom. The van der Waals surface area contributed by atoms with Crippen LogP contribution in [-0.4, -0.2) is 73.2 Å². The number of fused-ring (bicyclic) bond motifs is 8. The molecule has 12 aromatic rings. The third-order valence-corrected chi connectivity index (χ3v) is 17.7. The summed E-state index contributed by atoms with van der Waals surface area (Å²) in [4.78, 5) is 116. The summed E-state index contributed by atoms with van der Waals surface area (Å²) in [6.45, 7) is 23.9. The Bertz CT molecular complexity index is 4410. The summed E-state index contributed by atoms with van der Waals surface area (Å²) in [6.07, 6.45) is -2.50. The van der Waals surface area contributed by atoms with E-state index in [-0.39, 0.29) is 28.9 Å². The molecular weight excluding hydrogens is 1410 g/mol. The molecule has 1 aliphatic rings. The van der Waals surface area contributed by atoms with Crippen molar-refractivity contribution in [1.29, 1.82) is 0 Å². The number of carbonyl (C=O) groups excluding carboxylic acids is 9. The van der Waals surface area contributed by atoms with Crippen molar-refractivity contribution in [3.8, 4) is 23.0 Å². The summed E-state index contributed by atoms with van der Waals surface area (Å²) in [5.41, 5.74) is 8.84. The highest BCUT2D eigenvalue weighted by molar-refractivity contribution is 5.88. The normalized spacial score (nSPS) is 16.1. The van der Waals surface area contributed by atoms with Crippen LogP contribution in [0.5, 0.6) is 23.0 Å². The maximum absolute atomic E-state index is 13.2. The minimum Gasteiger partial charge on any atom is -0.410 e. The van der Waals surface area contributed by atoms with E-state index in [1.807, 2.05) is 121 Å². The molecular formula is C91H94N8O13. The largest absolute Gasteiger partial charge is 0.417 e. The van der Waals surface area contributed by atoms with Gasteiger partial charge >= 0.3 is 24.4 Å². The van der Waals surface area contributed by atoms with E-state index in [1.165, 1.54) is 69.2 Å². The first kappa shape index (κ1) is 83.9. The molecule has 8 N–H and O–H groups in total. The molecule has 0 radical (unpaired) electrons. The number of aromatic nitrogens is 4. The number of amides is 4. The van der Waals surface area contributed by atoms with Gasteiger partial charge in [0.15, 0.2) is 0 Å².